The van der Waals surface area contributed by atoms with Crippen LogP contribution in [-0.2, 0) is 4.79 Å². The molecule has 0 aromatic heterocycles. The molecule has 3 aliphatic rings. The first-order valence-electron chi connectivity index (χ1n) is 9.70. The summed E-state index contributed by atoms with van der Waals surface area (Å²) < 4.78 is 32.5. The Morgan fingerprint density at radius 1 is 1.19 bits per heavy atom. The van der Waals surface area contributed by atoms with Gasteiger partial charge in [-0.1, -0.05) is 12.8 Å². The Labute approximate surface area is 165 Å². The first kappa shape index (κ1) is 20.3. The highest BCUT2D eigenvalue weighted by atomic mass is 35.5. The number of benzene rings is 1. The lowest BCUT2D eigenvalue weighted by Crippen LogP contribution is -2.52. The molecule has 2 atom stereocenters. The summed E-state index contributed by atoms with van der Waals surface area (Å²) in [6.45, 7) is 3.03. The second kappa shape index (κ2) is 8.31. The van der Waals surface area contributed by atoms with E-state index in [1.807, 2.05) is 4.90 Å². The fourth-order valence-corrected chi connectivity index (χ4v) is 4.91. The SMILES string of the molecule is Cl.O=C(N1CCC(Oc2ccc(F)cc2F)CC1)[C@@]12CCCC[C@H]1CNC2. The van der Waals surface area contributed by atoms with E-state index >= 15 is 0 Å². The van der Waals surface area contributed by atoms with Crippen LogP contribution in [0.25, 0.3) is 0 Å². The Hall–Kier alpha value is -1.40. The molecular formula is C20H27ClF2N2O2. The number of nitrogens with one attached hydrogen (secondary N) is 1. The minimum absolute atomic E-state index is 0. The van der Waals surface area contributed by atoms with Gasteiger partial charge in [-0.2, -0.15) is 0 Å². The van der Waals surface area contributed by atoms with Gasteiger partial charge in [0.15, 0.2) is 11.6 Å². The van der Waals surface area contributed by atoms with Crippen molar-refractivity contribution in [3.8, 4) is 5.75 Å². The van der Waals surface area contributed by atoms with Crippen molar-refractivity contribution in [1.82, 2.24) is 10.2 Å². The number of hydrogen-bond donors (Lipinski definition) is 1. The molecule has 1 aliphatic carbocycles. The summed E-state index contributed by atoms with van der Waals surface area (Å²) in [5.74, 6) is -0.446. The molecule has 4 rings (SSSR count). The Balaban J connectivity index is 0.00000210. The van der Waals surface area contributed by atoms with E-state index in [0.717, 1.165) is 38.4 Å². The van der Waals surface area contributed by atoms with Crippen LogP contribution in [-0.4, -0.2) is 43.1 Å². The largest absolute Gasteiger partial charge is 0.487 e. The number of rotatable bonds is 3. The Morgan fingerprint density at radius 3 is 2.70 bits per heavy atom. The van der Waals surface area contributed by atoms with Crippen molar-refractivity contribution in [2.45, 2.75) is 44.6 Å². The molecule has 1 saturated carbocycles. The number of carbonyl (C=O) groups excluding carboxylic acids is 1. The third-order valence-corrected chi connectivity index (χ3v) is 6.38. The van der Waals surface area contributed by atoms with Gasteiger partial charge in [-0.25, -0.2) is 8.78 Å². The van der Waals surface area contributed by atoms with Crippen molar-refractivity contribution < 1.29 is 18.3 Å². The molecule has 2 heterocycles. The van der Waals surface area contributed by atoms with Crippen LogP contribution in [0.4, 0.5) is 8.78 Å². The zero-order valence-electron chi connectivity index (χ0n) is 15.4. The third-order valence-electron chi connectivity index (χ3n) is 6.38. The van der Waals surface area contributed by atoms with Crippen molar-refractivity contribution in [1.29, 1.82) is 0 Å². The first-order valence-corrected chi connectivity index (χ1v) is 9.70. The number of hydrogen-bond acceptors (Lipinski definition) is 3. The maximum Gasteiger partial charge on any atom is 0.230 e. The number of nitrogens with zero attached hydrogens (tertiary/aromatic N) is 1. The number of amides is 1. The molecule has 150 valence electrons. The Morgan fingerprint density at radius 2 is 1.96 bits per heavy atom. The van der Waals surface area contributed by atoms with Gasteiger partial charge in [-0.05, 0) is 37.4 Å². The summed E-state index contributed by atoms with van der Waals surface area (Å²) in [6, 6.07) is 3.37. The first-order chi connectivity index (χ1) is 12.6. The maximum absolute atomic E-state index is 13.8. The predicted octanol–water partition coefficient (Wildman–Crippen LogP) is 3.54. The summed E-state index contributed by atoms with van der Waals surface area (Å²) in [6.07, 6.45) is 5.70. The van der Waals surface area contributed by atoms with Crippen LogP contribution < -0.4 is 10.1 Å². The Kier molecular flexibility index (Phi) is 6.26. The summed E-state index contributed by atoms with van der Waals surface area (Å²) in [4.78, 5) is 15.2. The van der Waals surface area contributed by atoms with Gasteiger partial charge in [-0.15, -0.1) is 12.4 Å². The van der Waals surface area contributed by atoms with Gasteiger partial charge in [0.2, 0.25) is 5.91 Å². The number of fused-ring (bicyclic) bond motifs is 1. The summed E-state index contributed by atoms with van der Waals surface area (Å²) in [5, 5.41) is 3.43. The van der Waals surface area contributed by atoms with E-state index < -0.39 is 11.6 Å². The zero-order chi connectivity index (χ0) is 18.1. The van der Waals surface area contributed by atoms with Crippen LogP contribution in [0, 0.1) is 23.0 Å². The molecule has 1 aromatic carbocycles. The topological polar surface area (TPSA) is 41.6 Å². The zero-order valence-corrected chi connectivity index (χ0v) is 16.2. The van der Waals surface area contributed by atoms with E-state index in [0.29, 0.717) is 37.8 Å². The van der Waals surface area contributed by atoms with Crippen LogP contribution in [0.1, 0.15) is 38.5 Å². The molecule has 4 nitrogen and oxygen atoms in total. The molecule has 27 heavy (non-hydrogen) atoms. The van der Waals surface area contributed by atoms with Crippen molar-refractivity contribution in [3.05, 3.63) is 29.8 Å². The molecule has 0 bridgehead atoms. The standard InChI is InChI=1S/C20H26F2N2O2.ClH/c21-15-4-5-18(17(22)11-15)26-16-6-9-24(10-7-16)19(25)20-8-2-1-3-14(20)12-23-13-20;/h4-5,11,14,16,23H,1-3,6-10,12-13H2;1H/t14-,20+;/m0./s1. The average Bonchev–Trinajstić information content (AvgIpc) is 3.09. The lowest BCUT2D eigenvalue weighted by molar-refractivity contribution is -0.147. The van der Waals surface area contributed by atoms with Gasteiger partial charge in [0.05, 0.1) is 5.41 Å². The predicted molar refractivity (Wildman–Crippen MR) is 101 cm³/mol. The molecule has 2 aliphatic heterocycles. The van der Waals surface area contributed by atoms with E-state index in [1.54, 1.807) is 0 Å². The second-order valence-electron chi connectivity index (χ2n) is 7.91. The van der Waals surface area contributed by atoms with E-state index in [2.05, 4.69) is 5.32 Å². The lowest BCUT2D eigenvalue weighted by atomic mass is 9.67. The monoisotopic (exact) mass is 400 g/mol. The van der Waals surface area contributed by atoms with Crippen molar-refractivity contribution in [2.24, 2.45) is 11.3 Å². The smallest absolute Gasteiger partial charge is 0.230 e. The molecule has 7 heteroatoms. The fraction of sp³-hybridized carbons (Fsp3) is 0.650. The van der Waals surface area contributed by atoms with Gasteiger partial charge < -0.3 is 15.0 Å². The molecular weight excluding hydrogens is 374 g/mol. The highest BCUT2D eigenvalue weighted by molar-refractivity contribution is 5.85. The molecule has 0 spiro atoms. The van der Waals surface area contributed by atoms with Crippen LogP contribution >= 0.6 is 12.4 Å². The van der Waals surface area contributed by atoms with Gasteiger partial charge in [-0.3, -0.25) is 4.79 Å². The van der Waals surface area contributed by atoms with Crippen LogP contribution in [0.3, 0.4) is 0 Å². The summed E-state index contributed by atoms with van der Waals surface area (Å²) >= 11 is 0. The highest BCUT2D eigenvalue weighted by Crippen LogP contribution is 2.45. The summed E-state index contributed by atoms with van der Waals surface area (Å²) in [7, 11) is 0. The molecule has 1 aromatic rings. The van der Waals surface area contributed by atoms with Crippen LogP contribution in [0.2, 0.25) is 0 Å². The maximum atomic E-state index is 13.8. The quantitative estimate of drug-likeness (QED) is 0.843. The number of likely N-dealkylation sites (tertiary alicyclic amines) is 1. The summed E-state index contributed by atoms with van der Waals surface area (Å²) in [5.41, 5.74) is -0.213. The van der Waals surface area contributed by atoms with Crippen molar-refractivity contribution >= 4 is 18.3 Å². The average molecular weight is 401 g/mol. The normalized spacial score (nSPS) is 28.4. The van der Waals surface area contributed by atoms with E-state index in [-0.39, 0.29) is 29.7 Å². The van der Waals surface area contributed by atoms with Crippen LogP contribution in [0.5, 0.6) is 5.75 Å². The Bertz CT molecular complexity index is 682. The minimum atomic E-state index is -0.676. The van der Waals surface area contributed by atoms with Crippen molar-refractivity contribution in [3.63, 3.8) is 0 Å². The molecule has 3 fully saturated rings. The third kappa shape index (κ3) is 3.92. The number of piperidine rings is 1. The van der Waals surface area contributed by atoms with E-state index in [9.17, 15) is 13.6 Å². The second-order valence-corrected chi connectivity index (χ2v) is 7.91. The molecule has 0 radical (unpaired) electrons. The number of halogens is 3. The fourth-order valence-electron chi connectivity index (χ4n) is 4.91. The van der Waals surface area contributed by atoms with Gasteiger partial charge >= 0.3 is 0 Å². The van der Waals surface area contributed by atoms with Crippen LogP contribution in [0.15, 0.2) is 18.2 Å². The minimum Gasteiger partial charge on any atom is -0.487 e. The number of ether oxygens (including phenoxy) is 1. The molecule has 0 unspecified atom stereocenters. The molecule has 1 N–H and O–H groups in total. The van der Waals surface area contributed by atoms with E-state index in [1.165, 1.54) is 18.6 Å². The van der Waals surface area contributed by atoms with Gasteiger partial charge in [0.25, 0.3) is 0 Å². The van der Waals surface area contributed by atoms with Gasteiger partial charge in [0.1, 0.15) is 11.9 Å². The van der Waals surface area contributed by atoms with E-state index in [4.69, 9.17) is 4.74 Å². The number of carbonyl (C=O) groups is 1. The molecule has 1 amide bonds. The lowest BCUT2D eigenvalue weighted by Gasteiger charge is -2.42. The van der Waals surface area contributed by atoms with Crippen molar-refractivity contribution in [2.75, 3.05) is 26.2 Å². The highest BCUT2D eigenvalue weighted by Gasteiger charge is 2.51. The van der Waals surface area contributed by atoms with Gasteiger partial charge in [0, 0.05) is 38.5 Å². The molecule has 2 saturated heterocycles.